The zero-order valence-corrected chi connectivity index (χ0v) is 15.4. The summed E-state index contributed by atoms with van der Waals surface area (Å²) >= 11 is 1.35. The van der Waals surface area contributed by atoms with Crippen molar-refractivity contribution in [3.63, 3.8) is 0 Å². The van der Waals surface area contributed by atoms with Crippen LogP contribution in [0.25, 0.3) is 10.6 Å². The lowest BCUT2D eigenvalue weighted by atomic mass is 10.1. The number of nitrogens with zero attached hydrogens (tertiary/aromatic N) is 1. The summed E-state index contributed by atoms with van der Waals surface area (Å²) in [6.07, 6.45) is -4.78. The third kappa shape index (κ3) is 7.35. The van der Waals surface area contributed by atoms with E-state index in [0.717, 1.165) is 16.1 Å². The van der Waals surface area contributed by atoms with Gasteiger partial charge in [0, 0.05) is 10.9 Å². The minimum atomic E-state index is -4.60. The van der Waals surface area contributed by atoms with Crippen LogP contribution in [-0.2, 0) is 20.7 Å². The molecule has 0 saturated heterocycles. The van der Waals surface area contributed by atoms with Gasteiger partial charge in [0.1, 0.15) is 11.6 Å². The number of halogens is 3. The van der Waals surface area contributed by atoms with Crippen molar-refractivity contribution >= 4 is 29.2 Å². The molecule has 0 bridgehead atoms. The Bertz CT molecular complexity index is 867. The van der Waals surface area contributed by atoms with E-state index in [-0.39, 0.29) is 6.42 Å². The molecule has 2 rings (SSSR count). The first-order chi connectivity index (χ1) is 13.1. The maximum absolute atomic E-state index is 11.9. The molecular weight excluding hydrogens is 399 g/mol. The molecule has 3 amide bonds. The molecule has 7 nitrogen and oxygen atoms in total. The largest absolute Gasteiger partial charge is 0.455 e. The van der Waals surface area contributed by atoms with Crippen LogP contribution in [-0.4, -0.2) is 42.2 Å². The summed E-state index contributed by atoms with van der Waals surface area (Å²) in [7, 11) is 0. The maximum atomic E-state index is 11.9. The summed E-state index contributed by atoms with van der Waals surface area (Å²) in [6, 6.07) is 6.35. The number of carbonyl (C=O) groups is 3. The number of aromatic nitrogens is 1. The highest BCUT2D eigenvalue weighted by atomic mass is 32.1. The second kappa shape index (κ2) is 9.31. The molecule has 1 aromatic carbocycles. The number of hydrogen-bond acceptors (Lipinski definition) is 6. The van der Waals surface area contributed by atoms with Gasteiger partial charge in [-0.15, -0.1) is 11.3 Å². The minimum absolute atomic E-state index is 0.185. The van der Waals surface area contributed by atoms with Gasteiger partial charge in [-0.1, -0.05) is 23.8 Å². The summed E-state index contributed by atoms with van der Waals surface area (Å²) in [5.41, 5.74) is 2.43. The molecule has 0 atom stereocenters. The number of imide groups is 1. The zero-order valence-electron chi connectivity index (χ0n) is 14.6. The van der Waals surface area contributed by atoms with E-state index in [9.17, 15) is 27.6 Å². The van der Waals surface area contributed by atoms with Gasteiger partial charge in [-0.05, 0) is 13.0 Å². The number of carbonyl (C=O) groups excluding carboxylic acids is 3. The van der Waals surface area contributed by atoms with Gasteiger partial charge in [0.25, 0.3) is 5.91 Å². The van der Waals surface area contributed by atoms with Crippen LogP contribution in [0, 0.1) is 6.92 Å². The van der Waals surface area contributed by atoms with Crippen LogP contribution < -0.4 is 10.6 Å². The van der Waals surface area contributed by atoms with E-state index in [2.05, 4.69) is 4.98 Å². The molecule has 1 aromatic heterocycles. The van der Waals surface area contributed by atoms with Crippen LogP contribution >= 0.6 is 11.3 Å². The summed E-state index contributed by atoms with van der Waals surface area (Å²) in [5.74, 6) is -1.81. The smallest absolute Gasteiger partial charge is 0.405 e. The van der Waals surface area contributed by atoms with E-state index in [0.29, 0.717) is 5.69 Å². The quantitative estimate of drug-likeness (QED) is 0.707. The molecule has 0 radical (unpaired) electrons. The van der Waals surface area contributed by atoms with E-state index in [1.807, 2.05) is 31.2 Å². The summed E-state index contributed by atoms with van der Waals surface area (Å²) in [4.78, 5) is 38.6. The van der Waals surface area contributed by atoms with E-state index in [4.69, 9.17) is 4.74 Å². The maximum Gasteiger partial charge on any atom is 0.405 e. The van der Waals surface area contributed by atoms with Crippen LogP contribution in [0.5, 0.6) is 0 Å². The monoisotopic (exact) mass is 415 g/mol. The Labute approximate surface area is 161 Å². The van der Waals surface area contributed by atoms with E-state index >= 15 is 0 Å². The van der Waals surface area contributed by atoms with Crippen molar-refractivity contribution in [1.29, 1.82) is 0 Å². The van der Waals surface area contributed by atoms with Gasteiger partial charge in [-0.3, -0.25) is 14.9 Å². The predicted octanol–water partition coefficient (Wildman–Crippen LogP) is 2.59. The average Bonchev–Trinajstić information content (AvgIpc) is 3.06. The van der Waals surface area contributed by atoms with Crippen LogP contribution in [0.4, 0.5) is 18.0 Å². The number of urea groups is 1. The third-order valence-corrected chi connectivity index (χ3v) is 4.15. The van der Waals surface area contributed by atoms with Crippen molar-refractivity contribution in [2.45, 2.75) is 19.5 Å². The fourth-order valence-corrected chi connectivity index (χ4v) is 2.85. The third-order valence-electron chi connectivity index (χ3n) is 3.21. The van der Waals surface area contributed by atoms with Crippen LogP contribution in [0.3, 0.4) is 0 Å². The number of ether oxygens (including phenoxy) is 1. The normalized spacial score (nSPS) is 11.0. The molecule has 1 heterocycles. The van der Waals surface area contributed by atoms with Crippen LogP contribution in [0.2, 0.25) is 0 Å². The highest BCUT2D eigenvalue weighted by molar-refractivity contribution is 7.13. The van der Waals surface area contributed by atoms with Gasteiger partial charge >= 0.3 is 18.2 Å². The fourth-order valence-electron chi connectivity index (χ4n) is 2.03. The molecule has 0 unspecified atom stereocenters. The van der Waals surface area contributed by atoms with E-state index in [1.54, 1.807) is 10.7 Å². The average molecular weight is 415 g/mol. The second-order valence-electron chi connectivity index (χ2n) is 5.70. The lowest BCUT2D eigenvalue weighted by Crippen LogP contribution is -2.44. The number of amides is 3. The number of alkyl halides is 3. The van der Waals surface area contributed by atoms with Crippen LogP contribution in [0.1, 0.15) is 11.3 Å². The highest BCUT2D eigenvalue weighted by Crippen LogP contribution is 2.24. The lowest BCUT2D eigenvalue weighted by molar-refractivity contribution is -0.147. The summed E-state index contributed by atoms with van der Waals surface area (Å²) < 4.78 is 40.5. The van der Waals surface area contributed by atoms with Crippen molar-refractivity contribution in [2.75, 3.05) is 13.2 Å². The molecule has 0 aliphatic carbocycles. The Balaban J connectivity index is 1.77. The number of thiazole rings is 1. The molecule has 2 aromatic rings. The Morgan fingerprint density at radius 3 is 2.68 bits per heavy atom. The van der Waals surface area contributed by atoms with Gasteiger partial charge in [0.15, 0.2) is 6.61 Å². The number of hydrogen-bond donors (Lipinski definition) is 2. The lowest BCUT2D eigenvalue weighted by Gasteiger charge is -2.09. The first-order valence-corrected chi connectivity index (χ1v) is 8.82. The Morgan fingerprint density at radius 1 is 1.25 bits per heavy atom. The Hall–Kier alpha value is -2.95. The molecule has 2 N–H and O–H groups in total. The molecule has 0 fully saturated rings. The highest BCUT2D eigenvalue weighted by Gasteiger charge is 2.28. The standard InChI is InChI=1S/C17H16F3N3O4S/c1-10-3-2-4-11(5-10)15-22-12(8-28-15)6-14(25)27-7-13(24)23-16(26)21-9-17(18,19)20/h2-5,8H,6-7,9H2,1H3,(H2,21,23,24,26). The fraction of sp³-hybridized carbons (Fsp3) is 0.294. The van der Waals surface area contributed by atoms with E-state index in [1.165, 1.54) is 16.7 Å². The van der Waals surface area contributed by atoms with Crippen molar-refractivity contribution in [3.8, 4) is 10.6 Å². The predicted molar refractivity (Wildman–Crippen MR) is 94.5 cm³/mol. The number of benzene rings is 1. The Kier molecular flexibility index (Phi) is 7.10. The molecule has 0 aliphatic heterocycles. The molecule has 0 aliphatic rings. The van der Waals surface area contributed by atoms with Gasteiger partial charge < -0.3 is 10.1 Å². The molecule has 0 spiro atoms. The first kappa shape index (κ1) is 21.4. The van der Waals surface area contributed by atoms with Crippen molar-refractivity contribution in [1.82, 2.24) is 15.6 Å². The summed E-state index contributed by atoms with van der Waals surface area (Å²) in [5, 5.41) is 5.49. The van der Waals surface area contributed by atoms with Crippen LogP contribution in [0.15, 0.2) is 29.6 Å². The summed E-state index contributed by atoms with van der Waals surface area (Å²) in [6.45, 7) is -0.435. The zero-order chi connectivity index (χ0) is 20.7. The number of aryl methyl sites for hydroxylation is 1. The number of rotatable bonds is 6. The van der Waals surface area contributed by atoms with E-state index < -0.39 is 37.2 Å². The van der Waals surface area contributed by atoms with Crippen molar-refractivity contribution in [3.05, 3.63) is 40.9 Å². The topological polar surface area (TPSA) is 97.4 Å². The number of nitrogens with one attached hydrogen (secondary N) is 2. The van der Waals surface area contributed by atoms with Gasteiger partial charge in [0.2, 0.25) is 0 Å². The SMILES string of the molecule is Cc1cccc(-c2nc(CC(=O)OCC(=O)NC(=O)NCC(F)(F)F)cs2)c1. The first-order valence-electron chi connectivity index (χ1n) is 7.94. The molecule has 28 heavy (non-hydrogen) atoms. The number of esters is 1. The van der Waals surface area contributed by atoms with Gasteiger partial charge in [-0.2, -0.15) is 13.2 Å². The minimum Gasteiger partial charge on any atom is -0.455 e. The molecule has 11 heteroatoms. The van der Waals surface area contributed by atoms with Crippen molar-refractivity contribution < 1.29 is 32.3 Å². The molecular formula is C17H16F3N3O4S. The van der Waals surface area contributed by atoms with Gasteiger partial charge in [-0.25, -0.2) is 9.78 Å². The van der Waals surface area contributed by atoms with Crippen molar-refractivity contribution in [2.24, 2.45) is 0 Å². The Morgan fingerprint density at radius 2 is 2.00 bits per heavy atom. The molecule has 150 valence electrons. The second-order valence-corrected chi connectivity index (χ2v) is 6.56. The molecule has 0 saturated carbocycles. The van der Waals surface area contributed by atoms with Gasteiger partial charge in [0.05, 0.1) is 12.1 Å².